The van der Waals surface area contributed by atoms with Crippen molar-refractivity contribution in [1.29, 1.82) is 5.26 Å². The largest absolute Gasteiger partial charge is 0.416 e. The van der Waals surface area contributed by atoms with Gasteiger partial charge in [0, 0.05) is 13.6 Å². The second kappa shape index (κ2) is 8.41. The Balaban J connectivity index is 2.00. The van der Waals surface area contributed by atoms with Gasteiger partial charge in [-0.15, -0.1) is 0 Å². The number of likely N-dealkylation sites (N-methyl/N-ethyl adjacent to an activating group) is 1. The minimum atomic E-state index is -4.45. The lowest BCUT2D eigenvalue weighted by Crippen LogP contribution is -2.38. The molecule has 148 valence electrons. The smallest absolute Gasteiger partial charge is 0.340 e. The fraction of sp³-hybridized carbons (Fsp3) is 0.222. The van der Waals surface area contributed by atoms with Gasteiger partial charge in [0.1, 0.15) is 6.07 Å². The van der Waals surface area contributed by atoms with E-state index in [1.54, 1.807) is 6.07 Å². The normalized spacial score (nSPS) is 11.7. The minimum absolute atomic E-state index is 0.00742. The Morgan fingerprint density at radius 1 is 1.14 bits per heavy atom. The van der Waals surface area contributed by atoms with Crippen LogP contribution in [-0.4, -0.2) is 32.8 Å². The van der Waals surface area contributed by atoms with Crippen molar-refractivity contribution >= 4 is 15.9 Å². The van der Waals surface area contributed by atoms with E-state index in [2.05, 4.69) is 4.72 Å². The molecule has 0 bridgehead atoms. The monoisotopic (exact) mass is 411 g/mol. The number of carbonyl (C=O) groups excluding carboxylic acids is 1. The number of rotatable bonds is 6. The molecule has 0 aromatic heterocycles. The predicted molar refractivity (Wildman–Crippen MR) is 94.3 cm³/mol. The number of alkyl halides is 3. The van der Waals surface area contributed by atoms with Gasteiger partial charge in [-0.1, -0.05) is 24.3 Å². The number of amides is 1. The zero-order chi connectivity index (χ0) is 20.9. The SMILES string of the molecule is CN(Cc1ccc(C(F)(F)F)cc1)C(=O)CNS(=O)(=O)c1ccccc1C#N. The molecular formula is C18H16F3N3O3S. The first-order valence-electron chi connectivity index (χ1n) is 7.93. The summed E-state index contributed by atoms with van der Waals surface area (Å²) in [5, 5.41) is 8.99. The molecule has 2 aromatic carbocycles. The van der Waals surface area contributed by atoms with E-state index in [-0.39, 0.29) is 17.0 Å². The Labute approximate surface area is 160 Å². The number of hydrogen-bond acceptors (Lipinski definition) is 4. The standard InChI is InChI=1S/C18H16F3N3O3S/c1-24(12-13-6-8-15(9-7-13)18(19,20)21)17(25)11-23-28(26,27)16-5-3-2-4-14(16)10-22/h2-9,23H,11-12H2,1H3. The van der Waals surface area contributed by atoms with Crippen molar-refractivity contribution in [2.75, 3.05) is 13.6 Å². The van der Waals surface area contributed by atoms with Crippen molar-refractivity contribution in [2.24, 2.45) is 0 Å². The number of halogens is 3. The van der Waals surface area contributed by atoms with Crippen molar-refractivity contribution in [1.82, 2.24) is 9.62 Å². The fourth-order valence-electron chi connectivity index (χ4n) is 2.32. The molecule has 0 spiro atoms. The van der Waals surface area contributed by atoms with E-state index < -0.39 is 34.2 Å². The highest BCUT2D eigenvalue weighted by Crippen LogP contribution is 2.29. The number of benzene rings is 2. The third kappa shape index (κ3) is 5.31. The van der Waals surface area contributed by atoms with Crippen molar-refractivity contribution in [3.05, 3.63) is 65.2 Å². The molecule has 0 atom stereocenters. The molecule has 2 rings (SSSR count). The summed E-state index contributed by atoms with van der Waals surface area (Å²) in [5.41, 5.74) is -0.392. The molecule has 1 amide bonds. The number of nitriles is 1. The third-order valence-corrected chi connectivity index (χ3v) is 5.30. The molecule has 0 aliphatic heterocycles. The molecular weight excluding hydrogens is 395 g/mol. The van der Waals surface area contributed by atoms with Crippen molar-refractivity contribution in [3.63, 3.8) is 0 Å². The van der Waals surface area contributed by atoms with Crippen LogP contribution in [-0.2, 0) is 27.5 Å². The van der Waals surface area contributed by atoms with Gasteiger partial charge in [-0.25, -0.2) is 13.1 Å². The van der Waals surface area contributed by atoms with Gasteiger partial charge in [0.2, 0.25) is 15.9 Å². The Bertz CT molecular complexity index is 997. The Morgan fingerprint density at radius 2 is 1.75 bits per heavy atom. The van der Waals surface area contributed by atoms with E-state index in [4.69, 9.17) is 5.26 Å². The molecule has 0 fully saturated rings. The highest BCUT2D eigenvalue weighted by molar-refractivity contribution is 7.89. The summed E-state index contributed by atoms with van der Waals surface area (Å²) in [6.07, 6.45) is -4.45. The van der Waals surface area contributed by atoms with Crippen LogP contribution < -0.4 is 4.72 Å². The van der Waals surface area contributed by atoms with Crippen LogP contribution in [0.2, 0.25) is 0 Å². The molecule has 28 heavy (non-hydrogen) atoms. The van der Waals surface area contributed by atoms with Gasteiger partial charge in [0.25, 0.3) is 0 Å². The summed E-state index contributed by atoms with van der Waals surface area (Å²) in [6.45, 7) is -0.549. The van der Waals surface area contributed by atoms with Crippen molar-refractivity contribution < 1.29 is 26.4 Å². The summed E-state index contributed by atoms with van der Waals surface area (Å²) in [4.78, 5) is 13.1. The predicted octanol–water partition coefficient (Wildman–Crippen LogP) is 2.51. The lowest BCUT2D eigenvalue weighted by molar-refractivity contribution is -0.137. The lowest BCUT2D eigenvalue weighted by Gasteiger charge is -2.18. The summed E-state index contributed by atoms with van der Waals surface area (Å²) in [6, 6.07) is 11.6. The number of hydrogen-bond donors (Lipinski definition) is 1. The first-order chi connectivity index (χ1) is 13.0. The Kier molecular flexibility index (Phi) is 6.43. The number of nitrogens with zero attached hydrogens (tertiary/aromatic N) is 2. The average Bonchev–Trinajstić information content (AvgIpc) is 2.65. The zero-order valence-corrected chi connectivity index (χ0v) is 15.5. The van der Waals surface area contributed by atoms with Crippen molar-refractivity contribution in [2.45, 2.75) is 17.6 Å². The maximum atomic E-state index is 12.6. The van der Waals surface area contributed by atoms with Gasteiger partial charge in [-0.2, -0.15) is 18.4 Å². The Hall–Kier alpha value is -2.90. The maximum absolute atomic E-state index is 12.6. The molecule has 2 aromatic rings. The van der Waals surface area contributed by atoms with Gasteiger partial charge >= 0.3 is 6.18 Å². The minimum Gasteiger partial charge on any atom is -0.340 e. The summed E-state index contributed by atoms with van der Waals surface area (Å²) >= 11 is 0. The first kappa shape index (κ1) is 21.4. The fourth-order valence-corrected chi connectivity index (χ4v) is 3.45. The zero-order valence-electron chi connectivity index (χ0n) is 14.7. The van der Waals surface area contributed by atoms with Gasteiger partial charge in [0.05, 0.1) is 22.6 Å². The molecule has 0 unspecified atom stereocenters. The van der Waals surface area contributed by atoms with Crippen LogP contribution in [0.3, 0.4) is 0 Å². The maximum Gasteiger partial charge on any atom is 0.416 e. The van der Waals surface area contributed by atoms with E-state index in [1.165, 1.54) is 48.3 Å². The molecule has 0 aliphatic carbocycles. The van der Waals surface area contributed by atoms with Crippen LogP contribution in [0.4, 0.5) is 13.2 Å². The Morgan fingerprint density at radius 3 is 2.32 bits per heavy atom. The average molecular weight is 411 g/mol. The third-order valence-electron chi connectivity index (χ3n) is 3.84. The lowest BCUT2D eigenvalue weighted by atomic mass is 10.1. The van der Waals surface area contributed by atoms with Gasteiger partial charge in [-0.3, -0.25) is 4.79 Å². The van der Waals surface area contributed by atoms with Crippen LogP contribution in [0.15, 0.2) is 53.4 Å². The van der Waals surface area contributed by atoms with Gasteiger partial charge < -0.3 is 4.90 Å². The quantitative estimate of drug-likeness (QED) is 0.791. The first-order valence-corrected chi connectivity index (χ1v) is 9.42. The number of sulfonamides is 1. The second-order valence-electron chi connectivity index (χ2n) is 5.88. The molecule has 6 nitrogen and oxygen atoms in total. The second-order valence-corrected chi connectivity index (χ2v) is 7.61. The molecule has 10 heteroatoms. The van der Waals surface area contributed by atoms with Crippen LogP contribution in [0, 0.1) is 11.3 Å². The molecule has 0 heterocycles. The van der Waals surface area contributed by atoms with E-state index >= 15 is 0 Å². The highest BCUT2D eigenvalue weighted by atomic mass is 32.2. The van der Waals surface area contributed by atoms with E-state index in [9.17, 15) is 26.4 Å². The van der Waals surface area contributed by atoms with Gasteiger partial charge in [-0.05, 0) is 29.8 Å². The summed E-state index contributed by atoms with van der Waals surface area (Å²) in [7, 11) is -2.67. The van der Waals surface area contributed by atoms with E-state index in [1.807, 2.05) is 0 Å². The number of nitrogens with one attached hydrogen (secondary N) is 1. The van der Waals surface area contributed by atoms with Gasteiger partial charge in [0.15, 0.2) is 0 Å². The molecule has 0 aliphatic rings. The van der Waals surface area contributed by atoms with Crippen molar-refractivity contribution in [3.8, 4) is 6.07 Å². The van der Waals surface area contributed by atoms with Crippen LogP contribution >= 0.6 is 0 Å². The molecule has 0 saturated heterocycles. The van der Waals surface area contributed by atoms with Crippen LogP contribution in [0.25, 0.3) is 0 Å². The summed E-state index contributed by atoms with van der Waals surface area (Å²) < 4.78 is 64.4. The van der Waals surface area contributed by atoms with Crippen LogP contribution in [0.1, 0.15) is 16.7 Å². The summed E-state index contributed by atoms with van der Waals surface area (Å²) in [5.74, 6) is -0.585. The van der Waals surface area contributed by atoms with E-state index in [0.717, 1.165) is 12.1 Å². The molecule has 0 saturated carbocycles. The van der Waals surface area contributed by atoms with Crippen LogP contribution in [0.5, 0.6) is 0 Å². The topological polar surface area (TPSA) is 90.3 Å². The molecule has 1 N–H and O–H groups in total. The highest BCUT2D eigenvalue weighted by Gasteiger charge is 2.30. The molecule has 0 radical (unpaired) electrons. The van der Waals surface area contributed by atoms with E-state index in [0.29, 0.717) is 5.56 Å². The number of carbonyl (C=O) groups is 1.